The van der Waals surface area contributed by atoms with Crippen molar-refractivity contribution < 1.29 is 8.78 Å². The molecule has 1 unspecified atom stereocenters. The zero-order valence-corrected chi connectivity index (χ0v) is 13.0. The number of benzene rings is 1. The molecule has 3 rings (SSSR count). The minimum absolute atomic E-state index is 0.00968. The molecule has 0 radical (unpaired) electrons. The van der Waals surface area contributed by atoms with E-state index in [0.29, 0.717) is 12.5 Å². The molecule has 2 aliphatic rings. The first-order valence-electron chi connectivity index (χ1n) is 7.75. The molecule has 0 aromatic heterocycles. The van der Waals surface area contributed by atoms with Crippen molar-refractivity contribution in [2.24, 2.45) is 5.92 Å². The topological polar surface area (TPSA) is 15.3 Å². The van der Waals surface area contributed by atoms with Gasteiger partial charge in [-0.05, 0) is 51.7 Å². The summed E-state index contributed by atoms with van der Waals surface area (Å²) in [6, 6.07) is 4.12. The molecule has 1 saturated carbocycles. The summed E-state index contributed by atoms with van der Waals surface area (Å²) < 4.78 is 28.0. The molecule has 1 aromatic carbocycles. The Morgan fingerprint density at radius 3 is 2.38 bits per heavy atom. The van der Waals surface area contributed by atoms with E-state index < -0.39 is 11.6 Å². The zero-order chi connectivity index (χ0) is 15.3. The van der Waals surface area contributed by atoms with Gasteiger partial charge in [0.25, 0.3) is 0 Å². The van der Waals surface area contributed by atoms with Gasteiger partial charge in [-0.15, -0.1) is 0 Å². The maximum atomic E-state index is 14.0. The van der Waals surface area contributed by atoms with Gasteiger partial charge in [-0.2, -0.15) is 0 Å². The predicted molar refractivity (Wildman–Crippen MR) is 80.0 cm³/mol. The highest BCUT2D eigenvalue weighted by Crippen LogP contribution is 2.45. The number of piperazine rings is 1. The van der Waals surface area contributed by atoms with Crippen molar-refractivity contribution in [2.75, 3.05) is 13.1 Å². The van der Waals surface area contributed by atoms with Crippen molar-refractivity contribution in [3.8, 4) is 0 Å². The van der Waals surface area contributed by atoms with Crippen LogP contribution < -0.4 is 5.32 Å². The Bertz CT molecular complexity index is 519. The van der Waals surface area contributed by atoms with E-state index in [2.05, 4.69) is 31.0 Å². The molecule has 0 bridgehead atoms. The van der Waals surface area contributed by atoms with Gasteiger partial charge in [0.2, 0.25) is 0 Å². The van der Waals surface area contributed by atoms with Crippen molar-refractivity contribution in [1.82, 2.24) is 10.2 Å². The van der Waals surface area contributed by atoms with Gasteiger partial charge in [-0.3, -0.25) is 4.90 Å². The largest absolute Gasteiger partial charge is 0.309 e. The van der Waals surface area contributed by atoms with Crippen LogP contribution in [0.25, 0.3) is 0 Å². The lowest BCUT2D eigenvalue weighted by Crippen LogP contribution is -2.67. The minimum Gasteiger partial charge on any atom is -0.309 e. The quantitative estimate of drug-likeness (QED) is 0.920. The molecule has 0 spiro atoms. The summed E-state index contributed by atoms with van der Waals surface area (Å²) in [7, 11) is 0. The van der Waals surface area contributed by atoms with Gasteiger partial charge in [0.1, 0.15) is 11.6 Å². The predicted octanol–water partition coefficient (Wildman–Crippen LogP) is 3.32. The molecular weight excluding hydrogens is 270 g/mol. The third-order valence-electron chi connectivity index (χ3n) is 5.10. The maximum Gasteiger partial charge on any atom is 0.130 e. The monoisotopic (exact) mass is 294 g/mol. The van der Waals surface area contributed by atoms with E-state index in [1.807, 2.05) is 0 Å². The fraction of sp³-hybridized carbons (Fsp3) is 0.647. The van der Waals surface area contributed by atoms with Gasteiger partial charge in [-0.1, -0.05) is 6.07 Å². The van der Waals surface area contributed by atoms with Crippen LogP contribution in [0.15, 0.2) is 18.2 Å². The second-order valence-corrected chi connectivity index (χ2v) is 7.43. The Kier molecular flexibility index (Phi) is 3.57. The molecule has 4 heteroatoms. The Morgan fingerprint density at radius 1 is 1.19 bits per heavy atom. The summed E-state index contributed by atoms with van der Waals surface area (Å²) in [4.78, 5) is 2.28. The van der Waals surface area contributed by atoms with Crippen LogP contribution in [-0.2, 0) is 6.54 Å². The van der Waals surface area contributed by atoms with Gasteiger partial charge in [0, 0.05) is 36.3 Å². The Hall–Kier alpha value is -1.00. The molecule has 2 nitrogen and oxygen atoms in total. The van der Waals surface area contributed by atoms with Crippen molar-refractivity contribution in [1.29, 1.82) is 0 Å². The van der Waals surface area contributed by atoms with Crippen molar-refractivity contribution >= 4 is 0 Å². The van der Waals surface area contributed by atoms with Crippen molar-refractivity contribution in [3.63, 3.8) is 0 Å². The summed E-state index contributed by atoms with van der Waals surface area (Å²) in [5, 5.41) is 3.59. The Morgan fingerprint density at radius 2 is 1.81 bits per heavy atom. The number of rotatable bonds is 3. The average molecular weight is 294 g/mol. The van der Waals surface area contributed by atoms with E-state index in [4.69, 9.17) is 0 Å². The first kappa shape index (κ1) is 14.9. The molecular formula is C17H24F2N2. The molecule has 1 aromatic rings. The summed E-state index contributed by atoms with van der Waals surface area (Å²) >= 11 is 0. The van der Waals surface area contributed by atoms with Crippen LogP contribution in [0.3, 0.4) is 0 Å². The molecule has 116 valence electrons. The minimum atomic E-state index is -0.440. The van der Waals surface area contributed by atoms with Gasteiger partial charge in [-0.25, -0.2) is 8.78 Å². The summed E-state index contributed by atoms with van der Waals surface area (Å²) in [5.74, 6) is -0.245. The number of halogens is 2. The van der Waals surface area contributed by atoms with Crippen LogP contribution in [0, 0.1) is 17.6 Å². The average Bonchev–Trinajstić information content (AvgIpc) is 3.23. The summed E-state index contributed by atoms with van der Waals surface area (Å²) in [6.07, 6.45) is 2.43. The molecule has 2 fully saturated rings. The maximum absolute atomic E-state index is 14.0. The lowest BCUT2D eigenvalue weighted by Gasteiger charge is -2.52. The zero-order valence-electron chi connectivity index (χ0n) is 13.0. The van der Waals surface area contributed by atoms with E-state index >= 15 is 0 Å². The van der Waals surface area contributed by atoms with Gasteiger partial charge < -0.3 is 5.32 Å². The van der Waals surface area contributed by atoms with Crippen LogP contribution in [0.2, 0.25) is 0 Å². The number of hydrogen-bond donors (Lipinski definition) is 1. The molecule has 1 atom stereocenters. The van der Waals surface area contributed by atoms with Gasteiger partial charge in [0.15, 0.2) is 0 Å². The fourth-order valence-electron chi connectivity index (χ4n) is 3.46. The Balaban J connectivity index is 1.89. The van der Waals surface area contributed by atoms with Crippen LogP contribution in [0.1, 0.15) is 39.2 Å². The van der Waals surface area contributed by atoms with E-state index in [9.17, 15) is 8.78 Å². The fourth-order valence-corrected chi connectivity index (χ4v) is 3.46. The van der Waals surface area contributed by atoms with E-state index in [-0.39, 0.29) is 16.6 Å². The number of nitrogens with zero attached hydrogens (tertiary/aromatic N) is 1. The number of hydrogen-bond acceptors (Lipinski definition) is 2. The third-order valence-corrected chi connectivity index (χ3v) is 5.10. The Labute approximate surface area is 125 Å². The molecule has 1 aliphatic carbocycles. The summed E-state index contributed by atoms with van der Waals surface area (Å²) in [6.45, 7) is 8.53. The first-order valence-corrected chi connectivity index (χ1v) is 7.75. The summed E-state index contributed by atoms with van der Waals surface area (Å²) in [5.41, 5.74) is 0.155. The molecule has 1 aliphatic heterocycles. The normalized spacial score (nSPS) is 29.6. The standard InChI is InChI=1S/C17H24F2N2/c1-16(2)11-21(17(3,10-20-16)12-7-8-12)9-13-14(18)5-4-6-15(13)19/h4-6,12,20H,7-11H2,1-3H3. The molecule has 0 amide bonds. The molecule has 21 heavy (non-hydrogen) atoms. The molecule has 1 saturated heterocycles. The van der Waals surface area contributed by atoms with Crippen molar-refractivity contribution in [3.05, 3.63) is 35.4 Å². The number of nitrogens with one attached hydrogen (secondary N) is 1. The highest BCUT2D eigenvalue weighted by atomic mass is 19.1. The van der Waals surface area contributed by atoms with Crippen LogP contribution in [0.5, 0.6) is 0 Å². The third kappa shape index (κ3) is 2.84. The molecule has 1 N–H and O–H groups in total. The smallest absolute Gasteiger partial charge is 0.130 e. The lowest BCUT2D eigenvalue weighted by atomic mass is 9.85. The first-order chi connectivity index (χ1) is 9.82. The second kappa shape index (κ2) is 5.03. The van der Waals surface area contributed by atoms with E-state index in [1.54, 1.807) is 0 Å². The van der Waals surface area contributed by atoms with Crippen LogP contribution >= 0.6 is 0 Å². The van der Waals surface area contributed by atoms with Gasteiger partial charge in [0.05, 0.1) is 0 Å². The van der Waals surface area contributed by atoms with Crippen LogP contribution in [0.4, 0.5) is 8.78 Å². The second-order valence-electron chi connectivity index (χ2n) is 7.43. The lowest BCUT2D eigenvalue weighted by molar-refractivity contribution is 0.00373. The highest BCUT2D eigenvalue weighted by molar-refractivity contribution is 5.21. The highest BCUT2D eigenvalue weighted by Gasteiger charge is 2.49. The van der Waals surface area contributed by atoms with Crippen molar-refractivity contribution in [2.45, 2.75) is 51.2 Å². The molecule has 1 heterocycles. The van der Waals surface area contributed by atoms with Gasteiger partial charge >= 0.3 is 0 Å². The van der Waals surface area contributed by atoms with Crippen LogP contribution in [-0.4, -0.2) is 29.1 Å². The van der Waals surface area contributed by atoms with E-state index in [0.717, 1.165) is 13.1 Å². The SMILES string of the molecule is CC1(C)CN(Cc2c(F)cccc2F)C(C)(C2CC2)CN1. The van der Waals surface area contributed by atoms with E-state index in [1.165, 1.54) is 31.0 Å².